The minimum atomic E-state index is -4.35. The molecule has 4 aromatic rings. The third-order valence-electron chi connectivity index (χ3n) is 7.23. The van der Waals surface area contributed by atoms with Gasteiger partial charge in [-0.25, -0.2) is 28.7 Å². The van der Waals surface area contributed by atoms with Crippen molar-refractivity contribution in [3.8, 4) is 0 Å². The summed E-state index contributed by atoms with van der Waals surface area (Å²) in [6, 6.07) is 0. The van der Waals surface area contributed by atoms with Crippen LogP contribution in [-0.2, 0) is 51.2 Å². The number of H-pyrrole nitrogens is 1. The Morgan fingerprint density at radius 3 is 2.22 bits per heavy atom. The summed E-state index contributed by atoms with van der Waals surface area (Å²) < 4.78 is 67.9. The lowest BCUT2D eigenvalue weighted by molar-refractivity contribution is -0.0599. The van der Waals surface area contributed by atoms with Gasteiger partial charge < -0.3 is 39.8 Å². The highest BCUT2D eigenvalue weighted by Gasteiger charge is 2.53. The van der Waals surface area contributed by atoms with E-state index in [1.807, 2.05) is 0 Å². The summed E-state index contributed by atoms with van der Waals surface area (Å²) >= 11 is 10.3. The molecule has 7 N–H and O–H groups in total. The van der Waals surface area contributed by atoms with Gasteiger partial charge in [0, 0.05) is 0 Å². The fraction of sp³-hybridized carbons (Fsp3) is 0.500. The first-order valence-corrected chi connectivity index (χ1v) is 18.1. The number of nitrogens with zero attached hydrogens (tertiary/aromatic N) is 7. The van der Waals surface area contributed by atoms with E-state index in [4.69, 9.17) is 62.6 Å². The molecule has 4 aromatic heterocycles. The predicted octanol–water partition coefficient (Wildman–Crippen LogP) is -0.154. The number of nitrogens with two attached hydrogens (primary N) is 2. The van der Waals surface area contributed by atoms with Crippen molar-refractivity contribution in [3.63, 3.8) is 0 Å². The molecule has 19 nitrogen and oxygen atoms in total. The molecule has 0 spiro atoms. The van der Waals surface area contributed by atoms with Crippen LogP contribution >= 0.6 is 13.4 Å². The Morgan fingerprint density at radius 2 is 1.49 bits per heavy atom. The molecule has 3 aliphatic heterocycles. The summed E-state index contributed by atoms with van der Waals surface area (Å²) in [5.74, 6) is -0.213. The number of aromatic amines is 1. The smallest absolute Gasteiger partial charge is 0.325 e. The fourth-order valence-electron chi connectivity index (χ4n) is 5.23. The van der Waals surface area contributed by atoms with Crippen molar-refractivity contribution in [2.24, 2.45) is 0 Å². The Morgan fingerprint density at radius 1 is 0.867 bits per heavy atom. The van der Waals surface area contributed by atoms with Gasteiger partial charge in [0.05, 0.1) is 25.9 Å². The maximum Gasteiger partial charge on any atom is 0.325 e. The fourth-order valence-corrected chi connectivity index (χ4v) is 8.07. The number of anilines is 2. The van der Waals surface area contributed by atoms with Crippen LogP contribution in [0.2, 0.25) is 0 Å². The quantitative estimate of drug-likeness (QED) is 0.169. The molecule has 1 unspecified atom stereocenters. The van der Waals surface area contributed by atoms with Crippen LogP contribution in [0.3, 0.4) is 0 Å². The average molecular weight is 711 g/mol. The first-order chi connectivity index (χ1) is 21.3. The second-order valence-corrected chi connectivity index (χ2v) is 15.6. The van der Waals surface area contributed by atoms with Gasteiger partial charge in [-0.1, -0.05) is 0 Å². The zero-order chi connectivity index (χ0) is 31.8. The van der Waals surface area contributed by atoms with Crippen molar-refractivity contribution in [2.45, 2.75) is 49.2 Å². The van der Waals surface area contributed by atoms with Gasteiger partial charge in [-0.05, 0) is 23.6 Å². The predicted molar refractivity (Wildman–Crippen MR) is 155 cm³/mol. The molecule has 3 saturated heterocycles. The first kappa shape index (κ1) is 31.0. The number of hydrogen-bond donors (Lipinski definition) is 5. The number of alkyl halides is 2. The molecule has 0 amide bonds. The van der Waals surface area contributed by atoms with Crippen LogP contribution in [0.5, 0.6) is 0 Å². The summed E-state index contributed by atoms with van der Waals surface area (Å²) in [6.45, 7) is -10.0. The van der Waals surface area contributed by atoms with E-state index >= 15 is 8.78 Å². The first-order valence-electron chi connectivity index (χ1n) is 12.9. The maximum atomic E-state index is 16.0. The molecule has 7 heterocycles. The molecule has 25 heteroatoms. The van der Waals surface area contributed by atoms with E-state index in [1.54, 1.807) is 0 Å². The summed E-state index contributed by atoms with van der Waals surface area (Å²) in [5, 5.41) is 0. The van der Waals surface area contributed by atoms with Crippen LogP contribution in [0, 0.1) is 0 Å². The zero-order valence-electron chi connectivity index (χ0n) is 22.3. The van der Waals surface area contributed by atoms with Gasteiger partial charge in [0.25, 0.3) is 5.56 Å². The number of imidazole rings is 2. The van der Waals surface area contributed by atoms with E-state index in [9.17, 15) is 14.6 Å². The Kier molecular flexibility index (Phi) is 7.74. The minimum absolute atomic E-state index is 0.0442. The molecule has 242 valence electrons. The molecule has 2 bridgehead atoms. The Bertz CT molecular complexity index is 1950. The van der Waals surface area contributed by atoms with Gasteiger partial charge in [0.2, 0.25) is 5.95 Å². The molecule has 10 atom stereocenters. The number of aromatic nitrogens is 8. The molecule has 7 rings (SSSR count). The molecule has 0 radical (unpaired) electrons. The van der Waals surface area contributed by atoms with Crippen LogP contribution < -0.4 is 17.0 Å². The van der Waals surface area contributed by atoms with Crippen molar-refractivity contribution >= 4 is 71.1 Å². The van der Waals surface area contributed by atoms with Gasteiger partial charge in [-0.3, -0.25) is 28.0 Å². The normalized spacial score (nSPS) is 37.7. The molecular formula is C20H22F2N10O9P2S2. The maximum absolute atomic E-state index is 16.0. The molecule has 0 aliphatic carbocycles. The van der Waals surface area contributed by atoms with E-state index in [0.717, 1.165) is 17.2 Å². The lowest BCUT2D eigenvalue weighted by atomic mass is 10.1. The third kappa shape index (κ3) is 5.55. The number of ether oxygens (including phenoxy) is 2. The summed E-state index contributed by atoms with van der Waals surface area (Å²) in [4.78, 5) is 56.6. The summed E-state index contributed by atoms with van der Waals surface area (Å²) in [5.41, 5.74) is 10.9. The van der Waals surface area contributed by atoms with E-state index in [-0.39, 0.29) is 34.1 Å². The van der Waals surface area contributed by atoms with Crippen LogP contribution in [0.4, 0.5) is 20.5 Å². The molecule has 0 saturated carbocycles. The Labute approximate surface area is 259 Å². The topological polar surface area (TPSA) is 255 Å². The van der Waals surface area contributed by atoms with E-state index in [0.29, 0.717) is 0 Å². The standard InChI is InChI=1S/C20H22F2N10O9P2S2/c21-8-6-1-36-42(34,44)40-12-7(39-18(9(12)22)31-4-27-10-14(23)25-3-26-15(10)31)2-37-43(35,45)41-13(8)19(38-6)32-5-28-11-16(32)29-20(24)30-17(11)33/h3-9,12-13,18-19H,1-2H2,(H,34,44)(H,35,45)(H2,23,25,26)(H3,24,29,30,33)/t6-,7-,8-,9?,12-,13-,18-,19-,42-,43-/m1/s1. The third-order valence-corrected chi connectivity index (χ3v) is 10.4. The van der Waals surface area contributed by atoms with Gasteiger partial charge >= 0.3 is 13.4 Å². The highest BCUT2D eigenvalue weighted by Crippen LogP contribution is 2.54. The minimum Gasteiger partial charge on any atom is -0.382 e. The van der Waals surface area contributed by atoms with Crippen molar-refractivity contribution in [3.05, 3.63) is 29.3 Å². The van der Waals surface area contributed by atoms with E-state index in [2.05, 4.69) is 29.9 Å². The summed E-state index contributed by atoms with van der Waals surface area (Å²) in [7, 11) is 0. The molecule has 45 heavy (non-hydrogen) atoms. The van der Waals surface area contributed by atoms with E-state index < -0.39 is 81.4 Å². The number of fused-ring (bicyclic) bond motifs is 5. The van der Waals surface area contributed by atoms with Crippen molar-refractivity contribution in [2.75, 3.05) is 24.7 Å². The molecule has 3 aliphatic rings. The number of nitrogens with one attached hydrogen (secondary N) is 1. The lowest BCUT2D eigenvalue weighted by Gasteiger charge is -2.27. The van der Waals surface area contributed by atoms with Crippen molar-refractivity contribution < 1.29 is 46.1 Å². The monoisotopic (exact) mass is 710 g/mol. The Balaban J connectivity index is 1.21. The van der Waals surface area contributed by atoms with Crippen LogP contribution in [0.1, 0.15) is 12.5 Å². The van der Waals surface area contributed by atoms with Crippen LogP contribution in [0.25, 0.3) is 22.3 Å². The molecule has 0 aromatic carbocycles. The highest BCUT2D eigenvalue weighted by molar-refractivity contribution is 8.07. The largest absolute Gasteiger partial charge is 0.382 e. The van der Waals surface area contributed by atoms with Gasteiger partial charge in [-0.2, -0.15) is 4.98 Å². The van der Waals surface area contributed by atoms with Crippen LogP contribution in [0.15, 0.2) is 23.8 Å². The number of rotatable bonds is 2. The number of halogens is 2. The van der Waals surface area contributed by atoms with Gasteiger partial charge in [-0.15, -0.1) is 0 Å². The second kappa shape index (κ2) is 11.2. The Hall–Kier alpha value is -2.66. The van der Waals surface area contributed by atoms with Gasteiger partial charge in [0.15, 0.2) is 47.4 Å². The highest BCUT2D eigenvalue weighted by atomic mass is 32.5. The van der Waals surface area contributed by atoms with Crippen molar-refractivity contribution in [1.82, 2.24) is 39.0 Å². The number of hydrogen-bond acceptors (Lipinski definition) is 16. The zero-order valence-corrected chi connectivity index (χ0v) is 25.7. The van der Waals surface area contributed by atoms with Gasteiger partial charge in [0.1, 0.15) is 36.3 Å². The average Bonchev–Trinajstić information content (AvgIpc) is 3.72. The molecule has 3 fully saturated rings. The summed E-state index contributed by atoms with van der Waals surface area (Å²) in [6.07, 6.45) is -9.65. The van der Waals surface area contributed by atoms with Crippen LogP contribution in [-0.4, -0.2) is 98.8 Å². The second-order valence-electron chi connectivity index (χ2n) is 10.0. The lowest BCUT2D eigenvalue weighted by Crippen LogP contribution is -2.34. The number of nitrogen functional groups attached to an aromatic ring is 2. The SMILES string of the molecule is Nc1nc2c(ncn2[C@@H]2O[C@@H]3CO[P@@](O)(=S)O[C@H]4C(F)[C@H](n5cnc6c(N)ncnc65)O[C@@H]4CO[P@@](O)(=S)O[C@@H]2[C@@H]3F)c(=O)[nH]1. The van der Waals surface area contributed by atoms with Crippen molar-refractivity contribution in [1.29, 1.82) is 0 Å². The molecular weight excluding hydrogens is 688 g/mol. The van der Waals surface area contributed by atoms with E-state index in [1.165, 1.54) is 10.9 Å².